The maximum Gasteiger partial charge on any atom is 0.308 e. The molecule has 2 heterocycles. The molecule has 1 N–H and O–H groups in total. The van der Waals surface area contributed by atoms with Crippen LogP contribution in [0.25, 0.3) is 0 Å². The van der Waals surface area contributed by atoms with E-state index in [0.717, 1.165) is 57.6 Å². The standard InChI is InChI=1S/C38H52N2O4/c1-25(2)23-39(19-10-5-4-7-11-27-12-8-6-9-13-27)31-16-15-30-32-21-28-14-17-34(43-26(3)41)36-35(28)38(30,37(31)44-36)18-20-40(32)24-29-22-33(29)42/h6,8-9,12-14,17,25,29-33,37,42H,4-5,7,10-11,15-16,18-24H2,1-3H3/t29?,30-,31+,32+,33?,37-,38-/m0/s1. The van der Waals surface area contributed by atoms with E-state index in [1.54, 1.807) is 0 Å². The van der Waals surface area contributed by atoms with Gasteiger partial charge in [0.15, 0.2) is 11.5 Å². The van der Waals surface area contributed by atoms with Crippen LogP contribution in [0.1, 0.15) is 88.8 Å². The second-order valence-corrected chi connectivity index (χ2v) is 15.0. The first-order chi connectivity index (χ1) is 21.3. The molecule has 2 aliphatic heterocycles. The zero-order chi connectivity index (χ0) is 30.4. The Morgan fingerprint density at radius 2 is 1.91 bits per heavy atom. The van der Waals surface area contributed by atoms with Crippen LogP contribution in [0.5, 0.6) is 11.5 Å². The van der Waals surface area contributed by atoms with Gasteiger partial charge in [-0.2, -0.15) is 0 Å². The summed E-state index contributed by atoms with van der Waals surface area (Å²) in [4.78, 5) is 17.6. The average Bonchev–Trinajstić information content (AvgIpc) is 3.58. The van der Waals surface area contributed by atoms with Crippen LogP contribution in [0.15, 0.2) is 42.5 Å². The van der Waals surface area contributed by atoms with Crippen molar-refractivity contribution in [2.24, 2.45) is 17.8 Å². The number of aliphatic hydroxyl groups is 1. The Morgan fingerprint density at radius 1 is 1.11 bits per heavy atom. The van der Waals surface area contributed by atoms with Crippen LogP contribution in [0, 0.1) is 17.8 Å². The third-order valence-corrected chi connectivity index (χ3v) is 11.6. The van der Waals surface area contributed by atoms with Crippen molar-refractivity contribution < 1.29 is 19.4 Å². The normalized spacial score (nSPS) is 31.6. The van der Waals surface area contributed by atoms with Crippen LogP contribution in [-0.4, -0.2) is 71.3 Å². The van der Waals surface area contributed by atoms with Gasteiger partial charge in [-0.05, 0) is 93.5 Å². The Labute approximate surface area is 264 Å². The third kappa shape index (κ3) is 5.60. The quantitative estimate of drug-likeness (QED) is 0.169. The minimum absolute atomic E-state index is 0.0315. The summed E-state index contributed by atoms with van der Waals surface area (Å²) in [6, 6.07) is 15.9. The molecule has 0 radical (unpaired) electrons. The first kappa shape index (κ1) is 30.3. The molecule has 2 aromatic carbocycles. The van der Waals surface area contributed by atoms with Crippen molar-refractivity contribution in [3.8, 4) is 11.5 Å². The van der Waals surface area contributed by atoms with Gasteiger partial charge in [0, 0.05) is 49.0 Å². The fourth-order valence-corrected chi connectivity index (χ4v) is 9.66. The van der Waals surface area contributed by atoms with E-state index in [1.807, 2.05) is 6.07 Å². The van der Waals surface area contributed by atoms with E-state index in [-0.39, 0.29) is 23.6 Å². The maximum absolute atomic E-state index is 12.1. The molecule has 0 amide bonds. The van der Waals surface area contributed by atoms with Gasteiger partial charge < -0.3 is 14.6 Å². The van der Waals surface area contributed by atoms with Gasteiger partial charge in [-0.15, -0.1) is 0 Å². The highest BCUT2D eigenvalue weighted by Crippen LogP contribution is 2.64. The second-order valence-electron chi connectivity index (χ2n) is 15.0. The molecule has 6 heteroatoms. The topological polar surface area (TPSA) is 62.2 Å². The lowest BCUT2D eigenvalue weighted by Crippen LogP contribution is -2.69. The Morgan fingerprint density at radius 3 is 2.66 bits per heavy atom. The molecule has 1 spiro atoms. The van der Waals surface area contributed by atoms with Crippen LogP contribution < -0.4 is 9.47 Å². The van der Waals surface area contributed by atoms with E-state index in [2.05, 4.69) is 60.0 Å². The van der Waals surface area contributed by atoms with Crippen molar-refractivity contribution in [1.82, 2.24) is 9.80 Å². The summed E-state index contributed by atoms with van der Waals surface area (Å²) in [5, 5.41) is 10.2. The van der Waals surface area contributed by atoms with Gasteiger partial charge in [0.05, 0.1) is 6.10 Å². The number of esters is 1. The third-order valence-electron chi connectivity index (χ3n) is 11.6. The highest BCUT2D eigenvalue weighted by molar-refractivity contribution is 5.72. The number of aryl methyl sites for hydroxylation is 1. The number of carbonyl (C=O) groups is 1. The smallest absolute Gasteiger partial charge is 0.308 e. The molecule has 2 aromatic rings. The van der Waals surface area contributed by atoms with Crippen molar-refractivity contribution in [2.75, 3.05) is 26.2 Å². The molecule has 7 rings (SSSR count). The molecular formula is C38H52N2O4. The van der Waals surface area contributed by atoms with Gasteiger partial charge in [0.25, 0.3) is 0 Å². The Balaban J connectivity index is 1.12. The zero-order valence-electron chi connectivity index (χ0n) is 27.0. The largest absolute Gasteiger partial charge is 0.484 e. The highest BCUT2D eigenvalue weighted by atomic mass is 16.6. The Kier molecular flexibility index (Phi) is 8.54. The van der Waals surface area contributed by atoms with Crippen molar-refractivity contribution in [3.05, 3.63) is 59.2 Å². The van der Waals surface area contributed by atoms with Crippen molar-refractivity contribution in [3.63, 3.8) is 0 Å². The highest BCUT2D eigenvalue weighted by Gasteiger charge is 2.66. The monoisotopic (exact) mass is 600 g/mol. The van der Waals surface area contributed by atoms with Crippen LogP contribution >= 0.6 is 0 Å². The van der Waals surface area contributed by atoms with E-state index < -0.39 is 0 Å². The average molecular weight is 601 g/mol. The van der Waals surface area contributed by atoms with Crippen molar-refractivity contribution in [2.45, 2.75) is 115 Å². The lowest BCUT2D eigenvalue weighted by molar-refractivity contribution is -0.132. The number of benzene rings is 2. The lowest BCUT2D eigenvalue weighted by atomic mass is 9.51. The Bertz CT molecular complexity index is 1330. The fourth-order valence-electron chi connectivity index (χ4n) is 9.66. The SMILES string of the molecule is CC(=O)Oc1ccc2c3c1O[C@H]1[C@H](N(CCCCCCc4ccccc4)CC(C)C)CC[C@H]4[C@@H](C2)N(CC2CC2O)CC[C@@]341. The van der Waals surface area contributed by atoms with Gasteiger partial charge in [-0.25, -0.2) is 0 Å². The summed E-state index contributed by atoms with van der Waals surface area (Å²) < 4.78 is 12.9. The zero-order valence-corrected chi connectivity index (χ0v) is 27.0. The van der Waals surface area contributed by atoms with Gasteiger partial charge in [-0.3, -0.25) is 14.6 Å². The molecule has 238 valence electrons. The summed E-state index contributed by atoms with van der Waals surface area (Å²) in [6.45, 7) is 10.5. The van der Waals surface area contributed by atoms with E-state index in [1.165, 1.54) is 62.1 Å². The van der Waals surface area contributed by atoms with Crippen LogP contribution in [0.3, 0.4) is 0 Å². The minimum atomic E-state index is -0.287. The fraction of sp³-hybridized carbons (Fsp3) is 0.658. The molecular weight excluding hydrogens is 548 g/mol. The number of ether oxygens (including phenoxy) is 2. The number of hydrogen-bond acceptors (Lipinski definition) is 6. The number of aliphatic hydroxyl groups excluding tert-OH is 1. The number of unbranched alkanes of at least 4 members (excludes halogenated alkanes) is 3. The molecule has 2 bridgehead atoms. The summed E-state index contributed by atoms with van der Waals surface area (Å²) in [5.74, 6) is 2.74. The number of rotatable bonds is 13. The summed E-state index contributed by atoms with van der Waals surface area (Å²) >= 11 is 0. The molecule has 2 saturated carbocycles. The maximum atomic E-state index is 12.1. The van der Waals surface area contributed by atoms with Gasteiger partial charge in [0.1, 0.15) is 6.10 Å². The van der Waals surface area contributed by atoms with E-state index in [9.17, 15) is 9.90 Å². The first-order valence-corrected chi connectivity index (χ1v) is 17.6. The number of nitrogens with zero attached hydrogens (tertiary/aromatic N) is 2. The van der Waals surface area contributed by atoms with Gasteiger partial charge in [0.2, 0.25) is 0 Å². The minimum Gasteiger partial charge on any atom is -0.484 e. The molecule has 3 fully saturated rings. The van der Waals surface area contributed by atoms with Crippen LogP contribution in [-0.2, 0) is 23.1 Å². The molecule has 0 aromatic heterocycles. The molecule has 2 unspecified atom stereocenters. The van der Waals surface area contributed by atoms with Gasteiger partial charge >= 0.3 is 5.97 Å². The number of hydrogen-bond donors (Lipinski definition) is 1. The molecule has 3 aliphatic carbocycles. The molecule has 6 nitrogen and oxygen atoms in total. The second kappa shape index (κ2) is 12.4. The predicted octanol–water partition coefficient (Wildman–Crippen LogP) is 6.16. The van der Waals surface area contributed by atoms with E-state index >= 15 is 0 Å². The van der Waals surface area contributed by atoms with Crippen molar-refractivity contribution in [1.29, 1.82) is 0 Å². The number of piperidine rings is 1. The first-order valence-electron chi connectivity index (χ1n) is 17.6. The van der Waals surface area contributed by atoms with E-state index in [4.69, 9.17) is 9.47 Å². The molecule has 1 saturated heterocycles. The molecule has 7 atom stereocenters. The van der Waals surface area contributed by atoms with Crippen LogP contribution in [0.2, 0.25) is 0 Å². The predicted molar refractivity (Wildman–Crippen MR) is 173 cm³/mol. The van der Waals surface area contributed by atoms with Crippen LogP contribution in [0.4, 0.5) is 0 Å². The summed E-state index contributed by atoms with van der Waals surface area (Å²) in [7, 11) is 0. The summed E-state index contributed by atoms with van der Waals surface area (Å²) in [6.07, 6.45) is 11.6. The van der Waals surface area contributed by atoms with E-state index in [0.29, 0.717) is 35.6 Å². The lowest BCUT2D eigenvalue weighted by Gasteiger charge is -2.60. The molecule has 44 heavy (non-hydrogen) atoms. The summed E-state index contributed by atoms with van der Waals surface area (Å²) in [5.41, 5.74) is 4.16. The Hall–Kier alpha value is -2.41. The molecule has 5 aliphatic rings. The van der Waals surface area contributed by atoms with Crippen molar-refractivity contribution >= 4 is 5.97 Å². The van der Waals surface area contributed by atoms with Gasteiger partial charge in [-0.1, -0.05) is 63.1 Å². The number of likely N-dealkylation sites (tertiary alicyclic amines) is 1. The number of carbonyl (C=O) groups excluding carboxylic acids is 1.